The Labute approximate surface area is 108 Å². The molecule has 0 saturated heterocycles. The zero-order chi connectivity index (χ0) is 13.6. The normalized spacial score (nSPS) is 18.1. The molecule has 0 saturated carbocycles. The van der Waals surface area contributed by atoms with Gasteiger partial charge in [-0.15, -0.1) is 0 Å². The van der Waals surface area contributed by atoms with E-state index in [0.29, 0.717) is 5.69 Å². The summed E-state index contributed by atoms with van der Waals surface area (Å²) in [7, 11) is 1.36. The Hall–Kier alpha value is -2.34. The van der Waals surface area contributed by atoms with Crippen LogP contribution in [-0.2, 0) is 9.63 Å². The molecule has 98 valence electrons. The van der Waals surface area contributed by atoms with E-state index in [9.17, 15) is 9.59 Å². The number of hydrogen-bond donors (Lipinski definition) is 1. The van der Waals surface area contributed by atoms with Crippen LogP contribution in [0.5, 0.6) is 0 Å². The minimum Gasteiger partial charge on any atom is -0.481 e. The van der Waals surface area contributed by atoms with Gasteiger partial charge in [-0.1, -0.05) is 18.2 Å². The highest BCUT2D eigenvalue weighted by molar-refractivity contribution is 5.95. The number of carboxylic acid groups (broad SMARTS) is 1. The Bertz CT molecular complexity index is 676. The van der Waals surface area contributed by atoms with Gasteiger partial charge in [0, 0.05) is 5.39 Å². The number of hydrogen-bond acceptors (Lipinski definition) is 3. The highest BCUT2D eigenvalue weighted by atomic mass is 16.7. The lowest BCUT2D eigenvalue weighted by atomic mass is 10.1. The monoisotopic (exact) mass is 260 g/mol. The zero-order valence-electron chi connectivity index (χ0n) is 10.2. The average Bonchev–Trinajstić information content (AvgIpc) is 2.86. The van der Waals surface area contributed by atoms with Crippen LogP contribution in [-0.4, -0.2) is 33.8 Å². The maximum atomic E-state index is 12.3. The standard InChI is InChI=1S/C13H12N2O4/c1-19-15-11(7-12(16)17)10-6-8-4-2-3-5-9(8)14(10)13(15)18/h2-6,11H,7H2,1H3,(H,16,17). The molecule has 1 N–H and O–H groups in total. The van der Waals surface area contributed by atoms with Crippen molar-refractivity contribution in [2.45, 2.75) is 12.5 Å². The third kappa shape index (κ3) is 1.61. The van der Waals surface area contributed by atoms with E-state index in [-0.39, 0.29) is 12.5 Å². The van der Waals surface area contributed by atoms with Crippen LogP contribution in [0.1, 0.15) is 18.2 Å². The first-order valence-corrected chi connectivity index (χ1v) is 5.83. The summed E-state index contributed by atoms with van der Waals surface area (Å²) in [4.78, 5) is 28.2. The number of hydroxylamine groups is 2. The van der Waals surface area contributed by atoms with Crippen LogP contribution in [0.4, 0.5) is 4.79 Å². The topological polar surface area (TPSA) is 71.8 Å². The van der Waals surface area contributed by atoms with Gasteiger partial charge in [0.15, 0.2) is 0 Å². The van der Waals surface area contributed by atoms with Crippen LogP contribution >= 0.6 is 0 Å². The second-order valence-electron chi connectivity index (χ2n) is 4.37. The molecule has 0 aliphatic carbocycles. The summed E-state index contributed by atoms with van der Waals surface area (Å²) < 4.78 is 1.51. The second-order valence-corrected chi connectivity index (χ2v) is 4.37. The van der Waals surface area contributed by atoms with E-state index in [1.54, 1.807) is 0 Å². The van der Waals surface area contributed by atoms with Gasteiger partial charge in [-0.3, -0.25) is 14.2 Å². The second kappa shape index (κ2) is 4.10. The number of carboxylic acids is 1. The van der Waals surface area contributed by atoms with Crippen molar-refractivity contribution in [2.75, 3.05) is 7.11 Å². The first kappa shape index (κ1) is 11.7. The predicted molar refractivity (Wildman–Crippen MR) is 66.6 cm³/mol. The molecular formula is C13H12N2O4. The van der Waals surface area contributed by atoms with Gasteiger partial charge >= 0.3 is 12.0 Å². The molecule has 1 aliphatic heterocycles. The molecule has 2 heterocycles. The van der Waals surface area contributed by atoms with Gasteiger partial charge in [0.25, 0.3) is 0 Å². The summed E-state index contributed by atoms with van der Waals surface area (Å²) in [6, 6.07) is 8.32. The fourth-order valence-electron chi connectivity index (χ4n) is 2.55. The van der Waals surface area contributed by atoms with Crippen molar-refractivity contribution >= 4 is 22.9 Å². The predicted octanol–water partition coefficient (Wildman–Crippen LogP) is 2.00. The summed E-state index contributed by atoms with van der Waals surface area (Å²) in [5.74, 6) is -0.974. The summed E-state index contributed by atoms with van der Waals surface area (Å²) in [5.41, 5.74) is 1.41. The molecule has 1 atom stereocenters. The van der Waals surface area contributed by atoms with Crippen LogP contribution in [0.25, 0.3) is 10.9 Å². The lowest BCUT2D eigenvalue weighted by molar-refractivity contribution is -0.146. The van der Waals surface area contributed by atoms with Gasteiger partial charge in [-0.2, -0.15) is 5.06 Å². The number of carbonyl (C=O) groups excluding carboxylic acids is 1. The molecule has 0 radical (unpaired) electrons. The number of carbonyl (C=O) groups is 2. The molecule has 6 heteroatoms. The number of para-hydroxylation sites is 1. The van der Waals surface area contributed by atoms with Gasteiger partial charge < -0.3 is 5.11 Å². The SMILES string of the molecule is CON1C(=O)n2c(cc3ccccc32)C1CC(=O)O. The lowest BCUT2D eigenvalue weighted by Crippen LogP contribution is -2.29. The van der Waals surface area contributed by atoms with Crippen molar-refractivity contribution in [3.8, 4) is 0 Å². The van der Waals surface area contributed by atoms with Crippen LogP contribution in [0.15, 0.2) is 30.3 Å². The molecule has 0 bridgehead atoms. The quantitative estimate of drug-likeness (QED) is 0.916. The van der Waals surface area contributed by atoms with Gasteiger partial charge in [-0.05, 0) is 12.1 Å². The molecule has 19 heavy (non-hydrogen) atoms. The maximum Gasteiger partial charge on any atom is 0.353 e. The third-order valence-electron chi connectivity index (χ3n) is 3.31. The summed E-state index contributed by atoms with van der Waals surface area (Å²) >= 11 is 0. The van der Waals surface area contributed by atoms with Crippen molar-refractivity contribution < 1.29 is 19.5 Å². The smallest absolute Gasteiger partial charge is 0.353 e. The molecule has 6 nitrogen and oxygen atoms in total. The molecule has 0 spiro atoms. The van der Waals surface area contributed by atoms with E-state index in [2.05, 4.69) is 0 Å². The molecule has 1 unspecified atom stereocenters. The highest BCUT2D eigenvalue weighted by Gasteiger charge is 2.40. The first-order valence-electron chi connectivity index (χ1n) is 5.83. The van der Waals surface area contributed by atoms with Crippen LogP contribution in [0.3, 0.4) is 0 Å². The Morgan fingerprint density at radius 3 is 2.84 bits per heavy atom. The van der Waals surface area contributed by atoms with Crippen molar-refractivity contribution in [2.24, 2.45) is 0 Å². The molecule has 1 amide bonds. The van der Waals surface area contributed by atoms with E-state index in [4.69, 9.17) is 9.94 Å². The van der Waals surface area contributed by atoms with E-state index in [1.165, 1.54) is 11.7 Å². The van der Waals surface area contributed by atoms with Crippen LogP contribution in [0.2, 0.25) is 0 Å². The largest absolute Gasteiger partial charge is 0.481 e. The Kier molecular flexibility index (Phi) is 2.53. The Balaban J connectivity index is 2.19. The van der Waals surface area contributed by atoms with Gasteiger partial charge in [0.2, 0.25) is 0 Å². The summed E-state index contributed by atoms with van der Waals surface area (Å²) in [6.45, 7) is 0. The average molecular weight is 260 g/mol. The van der Waals surface area contributed by atoms with Crippen LogP contribution < -0.4 is 0 Å². The van der Waals surface area contributed by atoms with Crippen molar-refractivity contribution in [1.82, 2.24) is 9.63 Å². The van der Waals surface area contributed by atoms with E-state index in [1.807, 2.05) is 30.3 Å². The number of aliphatic carboxylic acids is 1. The maximum absolute atomic E-state index is 12.3. The number of benzene rings is 1. The summed E-state index contributed by atoms with van der Waals surface area (Å²) in [6.07, 6.45) is -0.185. The van der Waals surface area contributed by atoms with Crippen molar-refractivity contribution in [3.63, 3.8) is 0 Å². The van der Waals surface area contributed by atoms with E-state index >= 15 is 0 Å². The molecule has 1 aromatic carbocycles. The number of amides is 1. The van der Waals surface area contributed by atoms with E-state index < -0.39 is 12.0 Å². The Morgan fingerprint density at radius 2 is 2.16 bits per heavy atom. The molecule has 2 aromatic rings. The van der Waals surface area contributed by atoms with Crippen molar-refractivity contribution in [1.29, 1.82) is 0 Å². The third-order valence-corrected chi connectivity index (χ3v) is 3.31. The van der Waals surface area contributed by atoms with Gasteiger partial charge in [0.05, 0.1) is 24.7 Å². The van der Waals surface area contributed by atoms with Crippen molar-refractivity contribution in [3.05, 3.63) is 36.0 Å². The number of aromatic nitrogens is 1. The lowest BCUT2D eigenvalue weighted by Gasteiger charge is -2.19. The molecule has 3 rings (SSSR count). The molecule has 0 fully saturated rings. The Morgan fingerprint density at radius 1 is 1.42 bits per heavy atom. The number of fused-ring (bicyclic) bond motifs is 3. The van der Waals surface area contributed by atoms with Gasteiger partial charge in [-0.25, -0.2) is 4.79 Å². The molecule has 1 aromatic heterocycles. The fourth-order valence-corrected chi connectivity index (χ4v) is 2.55. The number of rotatable bonds is 3. The summed E-state index contributed by atoms with van der Waals surface area (Å²) in [5, 5.41) is 11.0. The molecular weight excluding hydrogens is 248 g/mol. The minimum atomic E-state index is -0.974. The zero-order valence-corrected chi connectivity index (χ0v) is 10.2. The van der Waals surface area contributed by atoms with Gasteiger partial charge in [0.1, 0.15) is 6.04 Å². The minimum absolute atomic E-state index is 0.185. The number of nitrogens with zero attached hydrogens (tertiary/aromatic N) is 2. The van der Waals surface area contributed by atoms with Crippen LogP contribution in [0, 0.1) is 0 Å². The highest BCUT2D eigenvalue weighted by Crippen LogP contribution is 2.36. The fraction of sp³-hybridized carbons (Fsp3) is 0.231. The molecule has 1 aliphatic rings. The first-order chi connectivity index (χ1) is 9.13. The van der Waals surface area contributed by atoms with E-state index in [0.717, 1.165) is 16.0 Å².